The molecule has 1 aromatic carbocycles. The number of nitrogens with zero attached hydrogens (tertiary/aromatic N) is 1. The van der Waals surface area contributed by atoms with Crippen LogP contribution in [0.25, 0.3) is 0 Å². The number of carbonyl (C=O) groups is 1. The Labute approximate surface area is 154 Å². The predicted molar refractivity (Wildman–Crippen MR) is 97.0 cm³/mol. The smallest absolute Gasteiger partial charge is 0.309 e. The van der Waals surface area contributed by atoms with Crippen molar-refractivity contribution >= 4 is 17.6 Å². The number of piperidine rings is 1. The van der Waals surface area contributed by atoms with Crippen LogP contribution in [0.2, 0.25) is 5.02 Å². The summed E-state index contributed by atoms with van der Waals surface area (Å²) in [6.07, 6.45) is 3.14. The number of ether oxygens (including phenoxy) is 2. The van der Waals surface area contributed by atoms with Crippen LogP contribution in [0.15, 0.2) is 12.1 Å². The van der Waals surface area contributed by atoms with E-state index in [-0.39, 0.29) is 22.7 Å². The number of methoxy groups -OCH3 is 1. The third-order valence-corrected chi connectivity index (χ3v) is 6.58. The molecule has 25 heavy (non-hydrogen) atoms. The van der Waals surface area contributed by atoms with Crippen molar-refractivity contribution in [1.29, 1.82) is 0 Å². The summed E-state index contributed by atoms with van der Waals surface area (Å²) in [6, 6.07) is 4.09. The zero-order valence-electron chi connectivity index (χ0n) is 15.2. The van der Waals surface area contributed by atoms with E-state index in [0.717, 1.165) is 49.7 Å². The van der Waals surface area contributed by atoms with Crippen LogP contribution >= 0.6 is 11.6 Å². The van der Waals surface area contributed by atoms with Crippen molar-refractivity contribution < 1.29 is 14.3 Å². The highest BCUT2D eigenvalue weighted by molar-refractivity contribution is 6.30. The van der Waals surface area contributed by atoms with Crippen molar-refractivity contribution in [1.82, 2.24) is 4.90 Å². The van der Waals surface area contributed by atoms with Gasteiger partial charge in [-0.2, -0.15) is 0 Å². The molecule has 2 aliphatic heterocycles. The van der Waals surface area contributed by atoms with Gasteiger partial charge in [0.1, 0.15) is 5.75 Å². The minimum atomic E-state index is -0.0308. The van der Waals surface area contributed by atoms with Crippen molar-refractivity contribution in [3.8, 4) is 5.75 Å². The summed E-state index contributed by atoms with van der Waals surface area (Å²) in [6.45, 7) is 7.99. The van der Waals surface area contributed by atoms with E-state index in [1.54, 1.807) is 0 Å². The average Bonchev–Trinajstić information content (AvgIpc) is 3.19. The highest BCUT2D eigenvalue weighted by Gasteiger charge is 2.59. The van der Waals surface area contributed by atoms with E-state index >= 15 is 0 Å². The van der Waals surface area contributed by atoms with Gasteiger partial charge < -0.3 is 9.47 Å². The molecule has 4 rings (SSSR count). The fourth-order valence-corrected chi connectivity index (χ4v) is 4.78. The van der Waals surface area contributed by atoms with Gasteiger partial charge in [-0.1, -0.05) is 25.4 Å². The van der Waals surface area contributed by atoms with E-state index in [9.17, 15) is 4.79 Å². The minimum absolute atomic E-state index is 0.0166. The quantitative estimate of drug-likeness (QED) is 0.766. The molecule has 1 atom stereocenters. The number of likely N-dealkylation sites (tertiary alicyclic amines) is 1. The number of halogens is 1. The summed E-state index contributed by atoms with van der Waals surface area (Å²) >= 11 is 6.37. The maximum absolute atomic E-state index is 11.8. The molecule has 5 heteroatoms. The summed E-state index contributed by atoms with van der Waals surface area (Å²) in [4.78, 5) is 14.2. The topological polar surface area (TPSA) is 38.8 Å². The number of benzene rings is 1. The second-order valence-electron chi connectivity index (χ2n) is 8.53. The third kappa shape index (κ3) is 2.93. The molecule has 2 fully saturated rings. The summed E-state index contributed by atoms with van der Waals surface area (Å²) in [5, 5.41) is 0.786. The van der Waals surface area contributed by atoms with Crippen LogP contribution in [0.3, 0.4) is 0 Å². The highest BCUT2D eigenvalue weighted by atomic mass is 35.5. The zero-order valence-corrected chi connectivity index (χ0v) is 16.0. The molecular formula is C20H26ClNO3. The van der Waals surface area contributed by atoms with E-state index in [1.807, 2.05) is 12.1 Å². The molecule has 0 bridgehead atoms. The number of carbonyl (C=O) groups excluding carboxylic acids is 1. The first-order valence-electron chi connectivity index (χ1n) is 9.11. The van der Waals surface area contributed by atoms with Crippen molar-refractivity contribution in [2.75, 3.05) is 26.8 Å². The number of hydrogen-bond acceptors (Lipinski definition) is 4. The van der Waals surface area contributed by atoms with Gasteiger partial charge in [-0.15, -0.1) is 0 Å². The van der Waals surface area contributed by atoms with Gasteiger partial charge in [0.25, 0.3) is 0 Å². The Hall–Kier alpha value is -1.26. The fourth-order valence-electron chi connectivity index (χ4n) is 4.54. The van der Waals surface area contributed by atoms with Crippen LogP contribution in [0, 0.1) is 11.3 Å². The molecule has 1 saturated heterocycles. The van der Waals surface area contributed by atoms with Gasteiger partial charge in [0.05, 0.1) is 19.6 Å². The van der Waals surface area contributed by atoms with Gasteiger partial charge in [0, 0.05) is 28.1 Å². The van der Waals surface area contributed by atoms with Crippen LogP contribution in [-0.4, -0.2) is 37.7 Å². The Morgan fingerprint density at radius 1 is 1.36 bits per heavy atom. The summed E-state index contributed by atoms with van der Waals surface area (Å²) < 4.78 is 10.9. The van der Waals surface area contributed by atoms with Crippen LogP contribution in [0.1, 0.15) is 44.2 Å². The molecule has 0 aromatic heterocycles. The Bertz CT molecular complexity index is 707. The largest absolute Gasteiger partial charge is 0.492 e. The number of fused-ring (bicyclic) bond motifs is 1. The summed E-state index contributed by atoms with van der Waals surface area (Å²) in [5.41, 5.74) is 2.63. The first kappa shape index (κ1) is 17.2. The standard InChI is InChI=1S/C20H26ClNO3/c1-19(2)12-25-17-13(8-14(21)9-15(17)19)11-22-6-4-20(5-7-22)10-16(20)18(23)24-3/h8-9,16H,4-7,10-12H2,1-3H3. The lowest BCUT2D eigenvalue weighted by atomic mass is 9.86. The Morgan fingerprint density at radius 2 is 2.08 bits per heavy atom. The molecule has 1 unspecified atom stereocenters. The number of hydrogen-bond donors (Lipinski definition) is 0. The molecule has 2 heterocycles. The molecule has 3 aliphatic rings. The van der Waals surface area contributed by atoms with Crippen LogP contribution in [-0.2, 0) is 21.5 Å². The Balaban J connectivity index is 1.45. The van der Waals surface area contributed by atoms with E-state index in [1.165, 1.54) is 18.2 Å². The van der Waals surface area contributed by atoms with Gasteiger partial charge in [-0.3, -0.25) is 9.69 Å². The molecule has 136 valence electrons. The minimum Gasteiger partial charge on any atom is -0.492 e. The normalized spacial score (nSPS) is 26.2. The molecule has 0 N–H and O–H groups in total. The summed E-state index contributed by atoms with van der Waals surface area (Å²) in [5.74, 6) is 1.12. The Kier molecular flexibility index (Phi) is 4.04. The second kappa shape index (κ2) is 5.88. The highest BCUT2D eigenvalue weighted by Crippen LogP contribution is 2.60. The van der Waals surface area contributed by atoms with E-state index in [0.29, 0.717) is 6.61 Å². The zero-order chi connectivity index (χ0) is 17.8. The van der Waals surface area contributed by atoms with Crippen LogP contribution in [0.4, 0.5) is 0 Å². The van der Waals surface area contributed by atoms with Gasteiger partial charge >= 0.3 is 5.97 Å². The molecule has 0 amide bonds. The molecule has 0 radical (unpaired) electrons. The van der Waals surface area contributed by atoms with E-state index < -0.39 is 0 Å². The van der Waals surface area contributed by atoms with E-state index in [2.05, 4.69) is 18.7 Å². The first-order valence-corrected chi connectivity index (χ1v) is 9.48. The average molecular weight is 364 g/mol. The lowest BCUT2D eigenvalue weighted by Crippen LogP contribution is -2.35. The molecular weight excluding hydrogens is 338 g/mol. The number of esters is 1. The lowest BCUT2D eigenvalue weighted by molar-refractivity contribution is -0.143. The van der Waals surface area contributed by atoms with Crippen molar-refractivity contribution in [3.63, 3.8) is 0 Å². The Morgan fingerprint density at radius 3 is 2.76 bits per heavy atom. The summed E-state index contributed by atoms with van der Waals surface area (Å²) in [7, 11) is 1.49. The molecule has 1 aliphatic carbocycles. The maximum atomic E-state index is 11.8. The number of rotatable bonds is 3. The van der Waals surface area contributed by atoms with Crippen LogP contribution < -0.4 is 4.74 Å². The first-order chi connectivity index (χ1) is 11.8. The van der Waals surface area contributed by atoms with Crippen LogP contribution in [0.5, 0.6) is 5.75 Å². The fraction of sp³-hybridized carbons (Fsp3) is 0.650. The second-order valence-corrected chi connectivity index (χ2v) is 8.97. The van der Waals surface area contributed by atoms with Gasteiger partial charge in [-0.05, 0) is 49.9 Å². The SMILES string of the molecule is COC(=O)C1CC12CCN(Cc1cc(Cl)cc3c1OCC3(C)C)CC2. The molecule has 1 saturated carbocycles. The van der Waals surface area contributed by atoms with Gasteiger partial charge in [0.15, 0.2) is 0 Å². The van der Waals surface area contributed by atoms with E-state index in [4.69, 9.17) is 21.1 Å². The third-order valence-electron chi connectivity index (χ3n) is 6.36. The van der Waals surface area contributed by atoms with Gasteiger partial charge in [-0.25, -0.2) is 0 Å². The lowest BCUT2D eigenvalue weighted by Gasteiger charge is -2.33. The predicted octanol–water partition coefficient (Wildman–Crippen LogP) is 3.79. The molecule has 1 aromatic rings. The van der Waals surface area contributed by atoms with Crippen molar-refractivity contribution in [3.05, 3.63) is 28.3 Å². The molecule has 4 nitrogen and oxygen atoms in total. The molecule has 1 spiro atoms. The maximum Gasteiger partial charge on any atom is 0.309 e. The van der Waals surface area contributed by atoms with Crippen molar-refractivity contribution in [2.24, 2.45) is 11.3 Å². The van der Waals surface area contributed by atoms with Gasteiger partial charge in [0.2, 0.25) is 0 Å². The van der Waals surface area contributed by atoms with Crippen molar-refractivity contribution in [2.45, 2.75) is 45.1 Å². The monoisotopic (exact) mass is 363 g/mol.